The Kier molecular flexibility index (Phi) is 2.88. The van der Waals surface area contributed by atoms with Gasteiger partial charge in [0.1, 0.15) is 9.71 Å². The highest BCUT2D eigenvalue weighted by Crippen LogP contribution is 2.26. The van der Waals surface area contributed by atoms with Crippen LogP contribution < -0.4 is 0 Å². The number of rotatable bonds is 2. The van der Waals surface area contributed by atoms with Gasteiger partial charge in [0, 0.05) is 11.6 Å². The molecule has 0 saturated heterocycles. The molecule has 0 atom stereocenters. The molecule has 2 heterocycles. The van der Waals surface area contributed by atoms with Crippen molar-refractivity contribution in [3.05, 3.63) is 28.2 Å². The van der Waals surface area contributed by atoms with Crippen LogP contribution in [0.15, 0.2) is 18.3 Å². The van der Waals surface area contributed by atoms with Gasteiger partial charge in [0.05, 0.1) is 11.6 Å². The third-order valence-electron chi connectivity index (χ3n) is 1.82. The van der Waals surface area contributed by atoms with Crippen LogP contribution in [0.4, 0.5) is 0 Å². The molecule has 0 bridgehead atoms. The lowest BCUT2D eigenvalue weighted by molar-refractivity contribution is 0.0532. The number of esters is 1. The Hall–Kier alpha value is -1.13. The molecular formula is C10H8ClNO2S. The topological polar surface area (TPSA) is 39.2 Å². The Morgan fingerprint density at radius 3 is 3.13 bits per heavy atom. The van der Waals surface area contributed by atoms with Crippen LogP contribution in [0.25, 0.3) is 10.2 Å². The van der Waals surface area contributed by atoms with Gasteiger partial charge in [-0.15, -0.1) is 11.3 Å². The van der Waals surface area contributed by atoms with Crippen molar-refractivity contribution in [2.75, 3.05) is 6.61 Å². The van der Waals surface area contributed by atoms with E-state index in [2.05, 4.69) is 4.98 Å². The number of carbonyl (C=O) groups is 1. The minimum atomic E-state index is -0.309. The fourth-order valence-electron chi connectivity index (χ4n) is 1.21. The molecule has 78 valence electrons. The van der Waals surface area contributed by atoms with Gasteiger partial charge in [0.2, 0.25) is 0 Å². The summed E-state index contributed by atoms with van der Waals surface area (Å²) in [5, 5.41) is 1.44. The second kappa shape index (κ2) is 4.16. The summed E-state index contributed by atoms with van der Waals surface area (Å²) in [6.07, 6.45) is 1.56. The Bertz CT molecular complexity index is 509. The molecule has 0 saturated carbocycles. The van der Waals surface area contributed by atoms with Gasteiger partial charge in [-0.2, -0.15) is 0 Å². The van der Waals surface area contributed by atoms with E-state index >= 15 is 0 Å². The molecule has 0 radical (unpaired) electrons. The Balaban J connectivity index is 2.42. The molecule has 5 heteroatoms. The maximum absolute atomic E-state index is 11.4. The first-order chi connectivity index (χ1) is 7.20. The van der Waals surface area contributed by atoms with Crippen LogP contribution >= 0.6 is 22.9 Å². The van der Waals surface area contributed by atoms with Crippen LogP contribution in [0.5, 0.6) is 0 Å². The Morgan fingerprint density at radius 2 is 2.40 bits per heavy atom. The summed E-state index contributed by atoms with van der Waals surface area (Å²) >= 11 is 7.10. The van der Waals surface area contributed by atoms with Gasteiger partial charge in [0.15, 0.2) is 0 Å². The van der Waals surface area contributed by atoms with Crippen LogP contribution in [-0.2, 0) is 4.74 Å². The first kappa shape index (κ1) is 10.4. The van der Waals surface area contributed by atoms with E-state index in [9.17, 15) is 4.79 Å². The molecule has 0 aliphatic carbocycles. The zero-order valence-electron chi connectivity index (χ0n) is 7.99. The molecule has 0 aliphatic heterocycles. The Labute approximate surface area is 95.6 Å². The van der Waals surface area contributed by atoms with Gasteiger partial charge >= 0.3 is 5.97 Å². The molecule has 15 heavy (non-hydrogen) atoms. The van der Waals surface area contributed by atoms with E-state index in [4.69, 9.17) is 16.3 Å². The maximum atomic E-state index is 11.4. The third-order valence-corrected chi connectivity index (χ3v) is 3.06. The summed E-state index contributed by atoms with van der Waals surface area (Å²) in [5.41, 5.74) is 0. The first-order valence-electron chi connectivity index (χ1n) is 4.43. The fraction of sp³-hybridized carbons (Fsp3) is 0.200. The molecule has 0 fully saturated rings. The number of ether oxygens (including phenoxy) is 1. The van der Waals surface area contributed by atoms with E-state index in [1.807, 2.05) is 0 Å². The van der Waals surface area contributed by atoms with E-state index < -0.39 is 0 Å². The molecule has 0 aromatic carbocycles. The molecule has 2 aromatic rings. The van der Waals surface area contributed by atoms with E-state index in [1.54, 1.807) is 25.3 Å². The van der Waals surface area contributed by atoms with Crippen molar-refractivity contribution in [2.24, 2.45) is 0 Å². The fourth-order valence-corrected chi connectivity index (χ4v) is 2.25. The van der Waals surface area contributed by atoms with Crippen LogP contribution in [-0.4, -0.2) is 17.6 Å². The van der Waals surface area contributed by atoms with Crippen LogP contribution in [0.2, 0.25) is 5.02 Å². The number of thiophene rings is 1. The van der Waals surface area contributed by atoms with Gasteiger partial charge in [-0.25, -0.2) is 9.78 Å². The number of nitrogens with zero attached hydrogens (tertiary/aromatic N) is 1. The van der Waals surface area contributed by atoms with Gasteiger partial charge in [-0.3, -0.25) is 0 Å². The maximum Gasteiger partial charge on any atom is 0.348 e. The Morgan fingerprint density at radius 1 is 1.60 bits per heavy atom. The number of fused-ring (bicyclic) bond motifs is 1. The van der Waals surface area contributed by atoms with Crippen molar-refractivity contribution in [2.45, 2.75) is 6.92 Å². The highest BCUT2D eigenvalue weighted by atomic mass is 35.5. The molecule has 0 aliphatic rings. The number of aromatic nitrogens is 1. The summed E-state index contributed by atoms with van der Waals surface area (Å²) in [6, 6.07) is 3.53. The van der Waals surface area contributed by atoms with E-state index in [0.29, 0.717) is 16.5 Å². The standard InChI is InChI=1S/C10H8ClNO2S/c1-2-14-10(13)8-4-6-3-7(11)5-12-9(6)15-8/h3-5H,2H2,1H3. The normalized spacial score (nSPS) is 10.5. The molecule has 0 amide bonds. The lowest BCUT2D eigenvalue weighted by Gasteiger charge is -1.95. The number of pyridine rings is 1. The predicted octanol–water partition coefficient (Wildman–Crippen LogP) is 3.13. The van der Waals surface area contributed by atoms with Gasteiger partial charge in [0.25, 0.3) is 0 Å². The highest BCUT2D eigenvalue weighted by molar-refractivity contribution is 7.20. The summed E-state index contributed by atoms with van der Waals surface area (Å²) in [5.74, 6) is -0.309. The second-order valence-electron chi connectivity index (χ2n) is 2.88. The minimum Gasteiger partial charge on any atom is -0.462 e. The number of hydrogen-bond acceptors (Lipinski definition) is 4. The minimum absolute atomic E-state index is 0.309. The number of halogens is 1. The highest BCUT2D eigenvalue weighted by Gasteiger charge is 2.11. The predicted molar refractivity (Wildman–Crippen MR) is 60.6 cm³/mol. The third kappa shape index (κ3) is 2.11. The van der Waals surface area contributed by atoms with Crippen LogP contribution in [0.3, 0.4) is 0 Å². The van der Waals surface area contributed by atoms with Crippen molar-refractivity contribution in [3.8, 4) is 0 Å². The van der Waals surface area contributed by atoms with Crippen molar-refractivity contribution in [1.82, 2.24) is 4.98 Å². The smallest absolute Gasteiger partial charge is 0.348 e. The lowest BCUT2D eigenvalue weighted by atomic mass is 10.3. The SMILES string of the molecule is CCOC(=O)c1cc2cc(Cl)cnc2s1. The van der Waals surface area contributed by atoms with E-state index in [-0.39, 0.29) is 5.97 Å². The van der Waals surface area contributed by atoms with E-state index in [1.165, 1.54) is 11.3 Å². The van der Waals surface area contributed by atoms with E-state index in [0.717, 1.165) is 10.2 Å². The first-order valence-corrected chi connectivity index (χ1v) is 5.62. The van der Waals surface area contributed by atoms with Crippen molar-refractivity contribution >= 4 is 39.1 Å². The molecule has 2 rings (SSSR count). The van der Waals surface area contributed by atoms with Crippen LogP contribution in [0, 0.1) is 0 Å². The van der Waals surface area contributed by atoms with Crippen molar-refractivity contribution in [1.29, 1.82) is 0 Å². The van der Waals surface area contributed by atoms with Gasteiger partial charge < -0.3 is 4.74 Å². The quantitative estimate of drug-likeness (QED) is 0.759. The number of carbonyl (C=O) groups excluding carboxylic acids is 1. The zero-order chi connectivity index (χ0) is 10.8. The summed E-state index contributed by atoms with van der Waals surface area (Å²) in [7, 11) is 0. The molecule has 0 N–H and O–H groups in total. The van der Waals surface area contributed by atoms with Crippen molar-refractivity contribution in [3.63, 3.8) is 0 Å². The summed E-state index contributed by atoms with van der Waals surface area (Å²) in [6.45, 7) is 2.15. The second-order valence-corrected chi connectivity index (χ2v) is 4.35. The molecule has 3 nitrogen and oxygen atoms in total. The summed E-state index contributed by atoms with van der Waals surface area (Å²) < 4.78 is 4.90. The summed E-state index contributed by atoms with van der Waals surface area (Å²) in [4.78, 5) is 16.9. The number of hydrogen-bond donors (Lipinski definition) is 0. The average molecular weight is 242 g/mol. The molecule has 0 unspecified atom stereocenters. The monoisotopic (exact) mass is 241 g/mol. The zero-order valence-corrected chi connectivity index (χ0v) is 9.56. The lowest BCUT2D eigenvalue weighted by Crippen LogP contribution is -2.01. The molecular weight excluding hydrogens is 234 g/mol. The molecule has 0 spiro atoms. The van der Waals surface area contributed by atoms with Crippen molar-refractivity contribution < 1.29 is 9.53 Å². The van der Waals surface area contributed by atoms with Crippen LogP contribution in [0.1, 0.15) is 16.6 Å². The van der Waals surface area contributed by atoms with Gasteiger partial charge in [-0.1, -0.05) is 11.6 Å². The molecule has 2 aromatic heterocycles. The average Bonchev–Trinajstić information content (AvgIpc) is 2.60. The largest absolute Gasteiger partial charge is 0.462 e. The van der Waals surface area contributed by atoms with Gasteiger partial charge in [-0.05, 0) is 19.1 Å².